The quantitative estimate of drug-likeness (QED) is 0.625. The van der Waals surface area contributed by atoms with Gasteiger partial charge in [-0.25, -0.2) is 9.97 Å². The van der Waals surface area contributed by atoms with E-state index >= 15 is 0 Å². The number of aromatic nitrogens is 3. The van der Waals surface area contributed by atoms with E-state index in [1.54, 1.807) is 47.4 Å². The molecule has 2 aromatic rings. The van der Waals surface area contributed by atoms with E-state index in [9.17, 15) is 9.90 Å². The number of thioether (sulfide) groups is 1. The lowest BCUT2D eigenvalue weighted by Crippen LogP contribution is -2.55. The Morgan fingerprint density at radius 1 is 1.29 bits per heavy atom. The summed E-state index contributed by atoms with van der Waals surface area (Å²) in [6.45, 7) is 2.73. The molecule has 1 spiro atoms. The number of aliphatic hydroxyl groups excluding tert-OH is 1. The van der Waals surface area contributed by atoms with Gasteiger partial charge in [0.1, 0.15) is 5.03 Å². The van der Waals surface area contributed by atoms with Gasteiger partial charge in [0, 0.05) is 44.8 Å². The fourth-order valence-electron chi connectivity index (χ4n) is 4.32. The number of carbonyl (C=O) groups excluding carboxylic acids is 1. The first-order valence-corrected chi connectivity index (χ1v) is 10.8. The van der Waals surface area contributed by atoms with Crippen LogP contribution in [0.4, 0.5) is 5.95 Å². The molecular formula is C20H25N5O2S. The van der Waals surface area contributed by atoms with Crippen LogP contribution in [-0.4, -0.2) is 69.4 Å². The van der Waals surface area contributed by atoms with Crippen molar-refractivity contribution in [1.29, 1.82) is 0 Å². The van der Waals surface area contributed by atoms with E-state index in [2.05, 4.69) is 19.9 Å². The number of rotatable bonds is 3. The van der Waals surface area contributed by atoms with Crippen molar-refractivity contribution in [3.05, 3.63) is 42.4 Å². The van der Waals surface area contributed by atoms with Gasteiger partial charge in [0.05, 0.1) is 11.7 Å². The lowest BCUT2D eigenvalue weighted by molar-refractivity contribution is -0.0151. The number of nitrogens with zero attached hydrogens (tertiary/aromatic N) is 5. The van der Waals surface area contributed by atoms with E-state index in [0.29, 0.717) is 18.7 Å². The molecule has 2 fully saturated rings. The Hall–Kier alpha value is -2.19. The minimum absolute atomic E-state index is 0.0512. The number of piperidine rings is 2. The van der Waals surface area contributed by atoms with Crippen molar-refractivity contribution < 1.29 is 9.90 Å². The second kappa shape index (κ2) is 8.05. The van der Waals surface area contributed by atoms with Crippen LogP contribution in [0.3, 0.4) is 0 Å². The summed E-state index contributed by atoms with van der Waals surface area (Å²) in [6, 6.07) is 5.46. The predicted octanol–water partition coefficient (Wildman–Crippen LogP) is 2.09. The van der Waals surface area contributed by atoms with Crippen molar-refractivity contribution in [2.45, 2.75) is 30.4 Å². The third kappa shape index (κ3) is 3.98. The minimum Gasteiger partial charge on any atom is -0.391 e. The molecule has 28 heavy (non-hydrogen) atoms. The summed E-state index contributed by atoms with van der Waals surface area (Å²) < 4.78 is 0. The average molecular weight is 400 g/mol. The lowest BCUT2D eigenvalue weighted by Gasteiger charge is -2.49. The van der Waals surface area contributed by atoms with Gasteiger partial charge in [-0.05, 0) is 49.1 Å². The molecule has 148 valence electrons. The smallest absolute Gasteiger partial charge is 0.255 e. The molecule has 7 nitrogen and oxygen atoms in total. The SMILES string of the molecule is CSc1ccnc(N2CCC3(CC2)CC(O)CN(C(=O)c2cccnc2)C3)n1. The third-order valence-corrected chi connectivity index (χ3v) is 6.40. The molecule has 1 N–H and O–H groups in total. The molecule has 0 radical (unpaired) electrons. The minimum atomic E-state index is -0.489. The molecule has 1 amide bonds. The second-order valence-electron chi connectivity index (χ2n) is 7.67. The molecule has 0 aliphatic carbocycles. The van der Waals surface area contributed by atoms with Gasteiger partial charge in [-0.2, -0.15) is 0 Å². The van der Waals surface area contributed by atoms with Gasteiger partial charge in [-0.1, -0.05) is 0 Å². The number of carbonyl (C=O) groups is 1. The van der Waals surface area contributed by atoms with Gasteiger partial charge in [0.15, 0.2) is 0 Å². The summed E-state index contributed by atoms with van der Waals surface area (Å²) in [6.07, 6.45) is 9.13. The van der Waals surface area contributed by atoms with Gasteiger partial charge in [0.25, 0.3) is 5.91 Å². The van der Waals surface area contributed by atoms with E-state index in [1.165, 1.54) is 0 Å². The number of pyridine rings is 1. The molecular weight excluding hydrogens is 374 g/mol. The monoisotopic (exact) mass is 399 g/mol. The van der Waals surface area contributed by atoms with Crippen LogP contribution < -0.4 is 4.90 Å². The summed E-state index contributed by atoms with van der Waals surface area (Å²) in [5.74, 6) is 0.714. The second-order valence-corrected chi connectivity index (χ2v) is 8.50. The van der Waals surface area contributed by atoms with Crippen LogP contribution in [0.1, 0.15) is 29.6 Å². The fraction of sp³-hybridized carbons (Fsp3) is 0.500. The van der Waals surface area contributed by atoms with Gasteiger partial charge < -0.3 is 14.9 Å². The summed E-state index contributed by atoms with van der Waals surface area (Å²) in [7, 11) is 0. The van der Waals surface area contributed by atoms with Crippen molar-refractivity contribution >= 4 is 23.6 Å². The molecule has 0 saturated carbocycles. The zero-order valence-electron chi connectivity index (χ0n) is 16.0. The van der Waals surface area contributed by atoms with E-state index < -0.39 is 6.10 Å². The molecule has 1 unspecified atom stereocenters. The highest BCUT2D eigenvalue weighted by atomic mass is 32.2. The first-order chi connectivity index (χ1) is 13.6. The molecule has 0 bridgehead atoms. The average Bonchev–Trinajstić information content (AvgIpc) is 2.74. The highest BCUT2D eigenvalue weighted by molar-refractivity contribution is 7.98. The van der Waals surface area contributed by atoms with Gasteiger partial charge >= 0.3 is 0 Å². The van der Waals surface area contributed by atoms with Gasteiger partial charge in [-0.3, -0.25) is 9.78 Å². The maximum Gasteiger partial charge on any atom is 0.255 e. The Balaban J connectivity index is 1.45. The van der Waals surface area contributed by atoms with E-state index in [4.69, 9.17) is 0 Å². The maximum atomic E-state index is 12.9. The van der Waals surface area contributed by atoms with Crippen molar-refractivity contribution in [2.24, 2.45) is 5.41 Å². The normalized spacial score (nSPS) is 21.7. The van der Waals surface area contributed by atoms with Crippen molar-refractivity contribution in [3.63, 3.8) is 0 Å². The van der Waals surface area contributed by atoms with Crippen LogP contribution in [-0.2, 0) is 0 Å². The Labute approximate surface area is 169 Å². The summed E-state index contributed by atoms with van der Waals surface area (Å²) in [4.78, 5) is 29.9. The molecule has 4 rings (SSSR count). The number of anilines is 1. The number of amides is 1. The van der Waals surface area contributed by atoms with Gasteiger partial charge in [-0.15, -0.1) is 11.8 Å². The summed E-state index contributed by atoms with van der Waals surface area (Å²) >= 11 is 1.61. The zero-order chi connectivity index (χ0) is 19.6. The number of hydrogen-bond donors (Lipinski definition) is 1. The summed E-state index contributed by atoms with van der Waals surface area (Å²) in [5, 5.41) is 11.5. The first kappa shape index (κ1) is 19.1. The fourth-order valence-corrected chi connectivity index (χ4v) is 4.69. The van der Waals surface area contributed by atoms with E-state index in [0.717, 1.165) is 43.3 Å². The standard InChI is InChI=1S/C20H25N5O2S/c1-28-17-4-8-22-19(23-17)24-9-5-20(6-10-24)11-16(26)13-25(14-20)18(27)15-3-2-7-21-12-15/h2-4,7-8,12,16,26H,5-6,9-11,13-14H2,1H3. The molecule has 8 heteroatoms. The first-order valence-electron chi connectivity index (χ1n) is 9.58. The number of hydrogen-bond acceptors (Lipinski definition) is 7. The molecule has 2 aromatic heterocycles. The third-order valence-electron chi connectivity index (χ3n) is 5.76. The van der Waals surface area contributed by atoms with Crippen molar-refractivity contribution in [1.82, 2.24) is 19.9 Å². The van der Waals surface area contributed by atoms with Crippen LogP contribution in [0, 0.1) is 5.41 Å². The predicted molar refractivity (Wildman–Crippen MR) is 108 cm³/mol. The molecule has 4 heterocycles. The molecule has 1 atom stereocenters. The topological polar surface area (TPSA) is 82.5 Å². The molecule has 2 aliphatic rings. The van der Waals surface area contributed by atoms with Crippen LogP contribution in [0.5, 0.6) is 0 Å². The van der Waals surface area contributed by atoms with Crippen LogP contribution in [0.15, 0.2) is 41.8 Å². The number of aliphatic hydroxyl groups is 1. The van der Waals surface area contributed by atoms with E-state index in [1.807, 2.05) is 12.3 Å². The molecule has 2 saturated heterocycles. The zero-order valence-corrected chi connectivity index (χ0v) is 16.8. The van der Waals surface area contributed by atoms with Crippen LogP contribution >= 0.6 is 11.8 Å². The van der Waals surface area contributed by atoms with Crippen LogP contribution in [0.2, 0.25) is 0 Å². The Bertz CT molecular complexity index is 826. The largest absolute Gasteiger partial charge is 0.391 e. The highest BCUT2D eigenvalue weighted by Gasteiger charge is 2.43. The Morgan fingerprint density at radius 2 is 2.11 bits per heavy atom. The van der Waals surface area contributed by atoms with Crippen molar-refractivity contribution in [2.75, 3.05) is 37.3 Å². The lowest BCUT2D eigenvalue weighted by atomic mass is 9.71. The van der Waals surface area contributed by atoms with Crippen molar-refractivity contribution in [3.8, 4) is 0 Å². The van der Waals surface area contributed by atoms with E-state index in [-0.39, 0.29) is 11.3 Å². The Morgan fingerprint density at radius 3 is 2.82 bits per heavy atom. The number of likely N-dealkylation sites (tertiary alicyclic amines) is 1. The number of β-amino-alcohol motifs (C(OH)–C–C–N with tert-alkyl or cyclic N) is 1. The maximum absolute atomic E-state index is 12.9. The van der Waals surface area contributed by atoms with Crippen LogP contribution in [0.25, 0.3) is 0 Å². The highest BCUT2D eigenvalue weighted by Crippen LogP contribution is 2.41. The molecule has 0 aromatic carbocycles. The molecule has 2 aliphatic heterocycles. The Kier molecular flexibility index (Phi) is 5.50. The van der Waals surface area contributed by atoms with Gasteiger partial charge in [0.2, 0.25) is 5.95 Å². The summed E-state index contributed by atoms with van der Waals surface area (Å²) in [5.41, 5.74) is 0.523.